The molecule has 3 rings (SSSR count). The summed E-state index contributed by atoms with van der Waals surface area (Å²) in [6, 6.07) is 17.3. The van der Waals surface area contributed by atoms with E-state index in [9.17, 15) is 0 Å². The summed E-state index contributed by atoms with van der Waals surface area (Å²) in [5.74, 6) is 0.710. The Kier molecular flexibility index (Phi) is 6.90. The van der Waals surface area contributed by atoms with Gasteiger partial charge in [0.15, 0.2) is 5.82 Å². The Morgan fingerprint density at radius 1 is 0.821 bits per heavy atom. The number of nitrogens with zero attached hydrogens (tertiary/aromatic N) is 4. The first-order valence-electron chi connectivity index (χ1n) is 9.88. The Bertz CT molecular complexity index is 879. The van der Waals surface area contributed by atoms with Gasteiger partial charge in [0, 0.05) is 19.7 Å². The van der Waals surface area contributed by atoms with Crippen molar-refractivity contribution < 1.29 is 0 Å². The topological polar surface area (TPSA) is 41.4 Å². The summed E-state index contributed by atoms with van der Waals surface area (Å²) in [5.41, 5.74) is 5.60. The van der Waals surface area contributed by atoms with E-state index in [1.54, 1.807) is 18.7 Å². The molecule has 0 aliphatic heterocycles. The van der Waals surface area contributed by atoms with Crippen molar-refractivity contribution in [1.82, 2.24) is 14.9 Å². The standard InChI is InChI=1S/C24H28N4/c1-4-5-6-7-19-8-10-20(11-9-19)21-12-14-22(15-13-21)24-25-16-23(17-26-24)27-18-28(2)3/h8-18H,4-7H2,1-3H3. The molecule has 1 aromatic heterocycles. The molecular weight excluding hydrogens is 344 g/mol. The molecule has 0 radical (unpaired) electrons. The third-order valence-corrected chi connectivity index (χ3v) is 4.58. The summed E-state index contributed by atoms with van der Waals surface area (Å²) in [6.07, 6.45) is 10.2. The lowest BCUT2D eigenvalue weighted by Crippen LogP contribution is -2.07. The Hall–Kier alpha value is -3.01. The number of rotatable bonds is 8. The van der Waals surface area contributed by atoms with Crippen molar-refractivity contribution in [3.8, 4) is 22.5 Å². The van der Waals surface area contributed by atoms with Crippen molar-refractivity contribution in [3.05, 3.63) is 66.5 Å². The van der Waals surface area contributed by atoms with Crippen LogP contribution in [0.1, 0.15) is 31.7 Å². The van der Waals surface area contributed by atoms with Gasteiger partial charge >= 0.3 is 0 Å². The van der Waals surface area contributed by atoms with Gasteiger partial charge in [-0.15, -0.1) is 0 Å². The van der Waals surface area contributed by atoms with Gasteiger partial charge in [0.2, 0.25) is 0 Å². The lowest BCUT2D eigenvalue weighted by atomic mass is 10.0. The van der Waals surface area contributed by atoms with Crippen LogP contribution in [0.3, 0.4) is 0 Å². The lowest BCUT2D eigenvalue weighted by Gasteiger charge is -2.06. The average Bonchev–Trinajstić information content (AvgIpc) is 2.73. The Morgan fingerprint density at radius 2 is 1.39 bits per heavy atom. The summed E-state index contributed by atoms with van der Waals surface area (Å²) in [7, 11) is 3.86. The number of benzene rings is 2. The van der Waals surface area contributed by atoms with Crippen molar-refractivity contribution >= 4 is 12.0 Å². The van der Waals surface area contributed by atoms with Gasteiger partial charge in [0.05, 0.1) is 18.7 Å². The van der Waals surface area contributed by atoms with Crippen LogP contribution in [0.15, 0.2) is 65.9 Å². The number of aliphatic imine (C=N–C) groups is 1. The molecule has 0 bridgehead atoms. The summed E-state index contributed by atoms with van der Waals surface area (Å²) in [4.78, 5) is 15.0. The zero-order valence-corrected chi connectivity index (χ0v) is 17.0. The Labute approximate surface area is 168 Å². The molecule has 0 spiro atoms. The van der Waals surface area contributed by atoms with Crippen LogP contribution in [-0.2, 0) is 6.42 Å². The van der Waals surface area contributed by atoms with Gasteiger partial charge in [-0.25, -0.2) is 15.0 Å². The van der Waals surface area contributed by atoms with E-state index in [-0.39, 0.29) is 0 Å². The first-order valence-corrected chi connectivity index (χ1v) is 9.88. The van der Waals surface area contributed by atoms with Gasteiger partial charge in [0.1, 0.15) is 5.69 Å². The molecule has 0 saturated heterocycles. The molecule has 0 atom stereocenters. The maximum atomic E-state index is 4.43. The van der Waals surface area contributed by atoms with Gasteiger partial charge in [0.25, 0.3) is 0 Å². The van der Waals surface area contributed by atoms with Gasteiger partial charge in [-0.2, -0.15) is 0 Å². The van der Waals surface area contributed by atoms with E-state index < -0.39 is 0 Å². The van der Waals surface area contributed by atoms with Crippen LogP contribution in [0.5, 0.6) is 0 Å². The zero-order chi connectivity index (χ0) is 19.8. The van der Waals surface area contributed by atoms with Crippen molar-refractivity contribution in [2.24, 2.45) is 4.99 Å². The minimum absolute atomic E-state index is 0.710. The van der Waals surface area contributed by atoms with E-state index >= 15 is 0 Å². The van der Waals surface area contributed by atoms with Crippen LogP contribution in [-0.4, -0.2) is 35.3 Å². The van der Waals surface area contributed by atoms with E-state index in [0.29, 0.717) is 5.82 Å². The molecule has 4 heteroatoms. The average molecular weight is 373 g/mol. The van der Waals surface area contributed by atoms with E-state index in [0.717, 1.165) is 11.3 Å². The minimum Gasteiger partial charge on any atom is -0.369 e. The van der Waals surface area contributed by atoms with Gasteiger partial charge in [-0.05, 0) is 29.5 Å². The molecule has 0 unspecified atom stereocenters. The highest BCUT2D eigenvalue weighted by molar-refractivity contribution is 5.68. The maximum absolute atomic E-state index is 4.43. The van der Waals surface area contributed by atoms with Crippen LogP contribution >= 0.6 is 0 Å². The molecule has 0 fully saturated rings. The molecule has 1 heterocycles. The number of aryl methyl sites for hydroxylation is 1. The summed E-state index contributed by atoms with van der Waals surface area (Å²) < 4.78 is 0. The highest BCUT2D eigenvalue weighted by atomic mass is 15.1. The second-order valence-electron chi connectivity index (χ2n) is 7.20. The molecule has 0 N–H and O–H groups in total. The van der Waals surface area contributed by atoms with Gasteiger partial charge in [-0.1, -0.05) is 68.3 Å². The molecular formula is C24H28N4. The van der Waals surface area contributed by atoms with Crippen molar-refractivity contribution in [2.45, 2.75) is 32.6 Å². The molecule has 28 heavy (non-hydrogen) atoms. The summed E-state index contributed by atoms with van der Waals surface area (Å²) >= 11 is 0. The quantitative estimate of drug-likeness (QED) is 0.286. The minimum atomic E-state index is 0.710. The fourth-order valence-corrected chi connectivity index (χ4v) is 2.97. The lowest BCUT2D eigenvalue weighted by molar-refractivity contribution is 0.643. The first-order chi connectivity index (χ1) is 13.7. The van der Waals surface area contributed by atoms with Crippen LogP contribution in [0.2, 0.25) is 0 Å². The predicted molar refractivity (Wildman–Crippen MR) is 118 cm³/mol. The molecule has 4 nitrogen and oxygen atoms in total. The third kappa shape index (κ3) is 5.49. The number of aromatic nitrogens is 2. The normalized spacial score (nSPS) is 11.1. The van der Waals surface area contributed by atoms with E-state index in [2.05, 4.69) is 70.4 Å². The van der Waals surface area contributed by atoms with Crippen LogP contribution in [0.4, 0.5) is 5.69 Å². The third-order valence-electron chi connectivity index (χ3n) is 4.58. The summed E-state index contributed by atoms with van der Waals surface area (Å²) in [6.45, 7) is 2.24. The largest absolute Gasteiger partial charge is 0.369 e. The SMILES string of the molecule is CCCCCc1ccc(-c2ccc(-c3ncc(N=CN(C)C)cn3)cc2)cc1. The van der Waals surface area contributed by atoms with Crippen LogP contribution in [0, 0.1) is 0 Å². The van der Waals surface area contributed by atoms with Gasteiger partial charge < -0.3 is 4.90 Å². The molecule has 0 aliphatic carbocycles. The Morgan fingerprint density at radius 3 is 1.96 bits per heavy atom. The fourth-order valence-electron chi connectivity index (χ4n) is 2.97. The monoisotopic (exact) mass is 372 g/mol. The van der Waals surface area contributed by atoms with Crippen molar-refractivity contribution in [2.75, 3.05) is 14.1 Å². The molecule has 3 aromatic rings. The second kappa shape index (κ2) is 9.79. The Balaban J connectivity index is 1.67. The number of unbranched alkanes of at least 4 members (excludes halogenated alkanes) is 2. The summed E-state index contributed by atoms with van der Waals surface area (Å²) in [5, 5.41) is 0. The smallest absolute Gasteiger partial charge is 0.159 e. The van der Waals surface area contributed by atoms with E-state index in [1.807, 2.05) is 19.0 Å². The first kappa shape index (κ1) is 19.7. The predicted octanol–water partition coefficient (Wildman–Crippen LogP) is 5.76. The highest BCUT2D eigenvalue weighted by Crippen LogP contribution is 2.24. The molecule has 144 valence electrons. The van der Waals surface area contributed by atoms with Crippen LogP contribution < -0.4 is 0 Å². The highest BCUT2D eigenvalue weighted by Gasteiger charge is 2.03. The number of hydrogen-bond acceptors (Lipinski definition) is 3. The molecule has 0 saturated carbocycles. The number of hydrogen-bond donors (Lipinski definition) is 0. The molecule has 0 amide bonds. The zero-order valence-electron chi connectivity index (χ0n) is 17.0. The van der Waals surface area contributed by atoms with E-state index in [4.69, 9.17) is 0 Å². The fraction of sp³-hybridized carbons (Fsp3) is 0.292. The van der Waals surface area contributed by atoms with E-state index in [1.165, 1.54) is 42.4 Å². The maximum Gasteiger partial charge on any atom is 0.159 e. The second-order valence-corrected chi connectivity index (χ2v) is 7.20. The van der Waals surface area contributed by atoms with Crippen LogP contribution in [0.25, 0.3) is 22.5 Å². The molecule has 0 aliphatic rings. The molecule has 2 aromatic carbocycles. The van der Waals surface area contributed by atoms with Crippen molar-refractivity contribution in [3.63, 3.8) is 0 Å². The van der Waals surface area contributed by atoms with Gasteiger partial charge in [-0.3, -0.25) is 0 Å². The van der Waals surface area contributed by atoms with Crippen molar-refractivity contribution in [1.29, 1.82) is 0 Å².